The molecular weight excluding hydrogens is 400 g/mol. The van der Waals surface area contributed by atoms with Gasteiger partial charge in [0.15, 0.2) is 0 Å². The molecule has 5 rings (SSSR count). The molecule has 2 aromatic heterocycles. The quantitative estimate of drug-likeness (QED) is 0.179. The molecule has 0 aliphatic heterocycles. The largest absolute Gasteiger partial charge is 0.144 e. The van der Waals surface area contributed by atoms with E-state index in [9.17, 15) is 0 Å². The zero-order chi connectivity index (χ0) is 20.3. The normalized spacial score (nSPS) is 11.5. The molecule has 0 radical (unpaired) electrons. The van der Waals surface area contributed by atoms with E-state index in [2.05, 4.69) is 85.1 Å². The van der Waals surface area contributed by atoms with Crippen LogP contribution in [0.3, 0.4) is 0 Å². The van der Waals surface area contributed by atoms with Gasteiger partial charge in [0, 0.05) is 14.6 Å². The molecule has 3 aromatic carbocycles. The Labute approximate surface area is 186 Å². The van der Waals surface area contributed by atoms with E-state index in [1.165, 1.54) is 79.4 Å². The van der Waals surface area contributed by atoms with Gasteiger partial charge in [-0.25, -0.2) is 0 Å². The molecule has 0 unspecified atom stereocenters. The highest BCUT2D eigenvalue weighted by Gasteiger charge is 2.07. The van der Waals surface area contributed by atoms with Gasteiger partial charge in [-0.05, 0) is 93.4 Å². The van der Waals surface area contributed by atoms with Crippen LogP contribution in [0, 0.1) is 0 Å². The van der Waals surface area contributed by atoms with Gasteiger partial charge in [0.05, 0.1) is 0 Å². The van der Waals surface area contributed by atoms with Crippen molar-refractivity contribution < 1.29 is 0 Å². The highest BCUT2D eigenvalue weighted by Crippen LogP contribution is 2.34. The maximum absolute atomic E-state index is 2.36. The molecule has 0 aliphatic rings. The number of rotatable bonds is 7. The van der Waals surface area contributed by atoms with Crippen molar-refractivity contribution in [2.75, 3.05) is 0 Å². The maximum Gasteiger partial charge on any atom is 0.0345 e. The molecule has 0 amide bonds. The second kappa shape index (κ2) is 8.75. The summed E-state index contributed by atoms with van der Waals surface area (Å²) in [5.41, 5.74) is 2.64. The average molecular weight is 427 g/mol. The highest BCUT2D eigenvalue weighted by molar-refractivity contribution is 7.15. The van der Waals surface area contributed by atoms with Gasteiger partial charge in [0.25, 0.3) is 0 Å². The molecule has 0 spiro atoms. The van der Waals surface area contributed by atoms with Crippen LogP contribution in [0.4, 0.5) is 0 Å². The summed E-state index contributed by atoms with van der Waals surface area (Å²) in [7, 11) is 0. The summed E-state index contributed by atoms with van der Waals surface area (Å²) in [4.78, 5) is 4.23. The minimum atomic E-state index is 1.22. The topological polar surface area (TPSA) is 0 Å². The van der Waals surface area contributed by atoms with Crippen LogP contribution in [-0.2, 0) is 6.42 Å². The lowest BCUT2D eigenvalue weighted by molar-refractivity contribution is 0.670. The maximum atomic E-state index is 2.36. The minimum Gasteiger partial charge on any atom is -0.144 e. The first-order chi connectivity index (χ1) is 14.8. The molecule has 30 heavy (non-hydrogen) atoms. The fourth-order valence-electron chi connectivity index (χ4n) is 4.14. The van der Waals surface area contributed by atoms with Crippen molar-refractivity contribution in [3.8, 4) is 20.9 Å². The van der Waals surface area contributed by atoms with Crippen LogP contribution >= 0.6 is 22.7 Å². The first-order valence-corrected chi connectivity index (χ1v) is 12.6. The van der Waals surface area contributed by atoms with Gasteiger partial charge in [-0.3, -0.25) is 0 Å². The molecule has 0 fully saturated rings. The van der Waals surface area contributed by atoms with E-state index in [1.54, 1.807) is 11.3 Å². The summed E-state index contributed by atoms with van der Waals surface area (Å²) in [6, 6.07) is 27.3. The van der Waals surface area contributed by atoms with E-state index in [1.807, 2.05) is 11.3 Å². The molecule has 0 atom stereocenters. The van der Waals surface area contributed by atoms with Crippen molar-refractivity contribution in [3.05, 3.63) is 83.1 Å². The number of thiophene rings is 2. The molecule has 2 heteroatoms. The number of hydrogen-bond acceptors (Lipinski definition) is 2. The van der Waals surface area contributed by atoms with E-state index in [0.29, 0.717) is 0 Å². The Balaban J connectivity index is 1.43. The number of fused-ring (bicyclic) bond motifs is 2. The van der Waals surface area contributed by atoms with Gasteiger partial charge < -0.3 is 0 Å². The fraction of sp³-hybridized carbons (Fsp3) is 0.214. The zero-order valence-corrected chi connectivity index (χ0v) is 19.0. The zero-order valence-electron chi connectivity index (χ0n) is 17.4. The van der Waals surface area contributed by atoms with Gasteiger partial charge in [0.1, 0.15) is 0 Å². The predicted octanol–water partition coefficient (Wildman–Crippen LogP) is 9.57. The molecule has 2 heterocycles. The molecule has 0 saturated carbocycles. The molecular formula is C28H26S2. The number of hydrogen-bond donors (Lipinski definition) is 0. The Morgan fingerprint density at radius 1 is 0.633 bits per heavy atom. The SMILES string of the molecule is CCCCCCc1ccc(-c2ccc3cc4cc(-c5cccs5)ccc4cc3c2)s1. The molecule has 0 aliphatic carbocycles. The Hall–Kier alpha value is -2.42. The van der Waals surface area contributed by atoms with Gasteiger partial charge in [-0.1, -0.05) is 56.5 Å². The second-order valence-corrected chi connectivity index (χ2v) is 10.1. The Kier molecular flexibility index (Phi) is 5.70. The van der Waals surface area contributed by atoms with Crippen molar-refractivity contribution in [3.63, 3.8) is 0 Å². The summed E-state index contributed by atoms with van der Waals surface area (Å²) in [5.74, 6) is 0. The minimum absolute atomic E-state index is 1.22. The third kappa shape index (κ3) is 4.08. The lowest BCUT2D eigenvalue weighted by atomic mass is 9.99. The van der Waals surface area contributed by atoms with Crippen LogP contribution in [0.5, 0.6) is 0 Å². The second-order valence-electron chi connectivity index (χ2n) is 8.03. The van der Waals surface area contributed by atoms with Crippen LogP contribution in [-0.4, -0.2) is 0 Å². The van der Waals surface area contributed by atoms with Crippen LogP contribution in [0.2, 0.25) is 0 Å². The number of unbranched alkanes of at least 4 members (excludes halogenated alkanes) is 3. The Morgan fingerprint density at radius 3 is 2.03 bits per heavy atom. The van der Waals surface area contributed by atoms with Gasteiger partial charge in [-0.2, -0.15) is 0 Å². The van der Waals surface area contributed by atoms with E-state index in [0.717, 1.165) is 0 Å². The first-order valence-electron chi connectivity index (χ1n) is 10.9. The molecule has 0 nitrogen and oxygen atoms in total. The molecule has 0 N–H and O–H groups in total. The summed E-state index contributed by atoms with van der Waals surface area (Å²) in [6.45, 7) is 2.27. The van der Waals surface area contributed by atoms with Crippen molar-refractivity contribution in [1.29, 1.82) is 0 Å². The lowest BCUT2D eigenvalue weighted by Crippen LogP contribution is -1.81. The van der Waals surface area contributed by atoms with E-state index >= 15 is 0 Å². The van der Waals surface area contributed by atoms with Crippen LogP contribution < -0.4 is 0 Å². The van der Waals surface area contributed by atoms with Crippen molar-refractivity contribution >= 4 is 44.2 Å². The van der Waals surface area contributed by atoms with Gasteiger partial charge in [0.2, 0.25) is 0 Å². The average Bonchev–Trinajstić information content (AvgIpc) is 3.47. The number of aryl methyl sites for hydroxylation is 1. The molecule has 0 bridgehead atoms. The fourth-order valence-corrected chi connectivity index (χ4v) is 5.91. The Bertz CT molecular complexity index is 1280. The van der Waals surface area contributed by atoms with Gasteiger partial charge in [-0.15, -0.1) is 22.7 Å². The van der Waals surface area contributed by atoms with Crippen molar-refractivity contribution in [2.24, 2.45) is 0 Å². The smallest absolute Gasteiger partial charge is 0.0345 e. The molecule has 5 aromatic rings. The van der Waals surface area contributed by atoms with E-state index < -0.39 is 0 Å². The van der Waals surface area contributed by atoms with Gasteiger partial charge >= 0.3 is 0 Å². The van der Waals surface area contributed by atoms with E-state index in [4.69, 9.17) is 0 Å². The molecule has 150 valence electrons. The van der Waals surface area contributed by atoms with Crippen molar-refractivity contribution in [2.45, 2.75) is 39.0 Å². The monoisotopic (exact) mass is 426 g/mol. The first kappa shape index (κ1) is 19.5. The number of benzene rings is 3. The predicted molar refractivity (Wildman–Crippen MR) is 136 cm³/mol. The van der Waals surface area contributed by atoms with Crippen molar-refractivity contribution in [1.82, 2.24) is 0 Å². The third-order valence-corrected chi connectivity index (χ3v) is 7.94. The van der Waals surface area contributed by atoms with Crippen LogP contribution in [0.15, 0.2) is 78.2 Å². The lowest BCUT2D eigenvalue weighted by Gasteiger charge is -2.07. The highest BCUT2D eigenvalue weighted by atomic mass is 32.1. The summed E-state index contributed by atoms with van der Waals surface area (Å²) in [5, 5.41) is 7.39. The van der Waals surface area contributed by atoms with Crippen LogP contribution in [0.1, 0.15) is 37.5 Å². The van der Waals surface area contributed by atoms with Crippen LogP contribution in [0.25, 0.3) is 42.4 Å². The Morgan fingerprint density at radius 2 is 1.37 bits per heavy atom. The van der Waals surface area contributed by atoms with E-state index in [-0.39, 0.29) is 0 Å². The third-order valence-electron chi connectivity index (χ3n) is 5.82. The standard InChI is InChI=1S/C28H26S2/c1-2-3-4-5-7-26-13-14-28(30-26)23-12-10-21-16-24-18-22(27-8-6-15-29-27)11-9-20(24)17-25(21)19-23/h6,8-19H,2-5,7H2,1H3. The summed E-state index contributed by atoms with van der Waals surface area (Å²) in [6.07, 6.45) is 6.53. The summed E-state index contributed by atoms with van der Waals surface area (Å²) >= 11 is 3.76. The molecule has 0 saturated heterocycles. The summed E-state index contributed by atoms with van der Waals surface area (Å²) < 4.78 is 0.